The maximum atomic E-state index is 13.0. The Morgan fingerprint density at radius 2 is 1.85 bits per heavy atom. The molecule has 1 amide bonds. The van der Waals surface area contributed by atoms with Gasteiger partial charge in [-0.15, -0.1) is 10.2 Å². The number of aryl methyl sites for hydroxylation is 1. The van der Waals surface area contributed by atoms with Crippen molar-refractivity contribution in [2.75, 3.05) is 6.54 Å². The second-order valence-electron chi connectivity index (χ2n) is 6.56. The van der Waals surface area contributed by atoms with E-state index < -0.39 is 0 Å². The lowest BCUT2D eigenvalue weighted by Gasteiger charge is -2.33. The van der Waals surface area contributed by atoms with Crippen molar-refractivity contribution in [3.05, 3.63) is 65.8 Å². The molecule has 0 N–H and O–H groups in total. The lowest BCUT2D eigenvalue weighted by Crippen LogP contribution is -2.38. The summed E-state index contributed by atoms with van der Waals surface area (Å²) in [7, 11) is 0. The molecule has 2 aromatic heterocycles. The molecule has 6 nitrogen and oxygen atoms in total. The van der Waals surface area contributed by atoms with Gasteiger partial charge in [0.15, 0.2) is 0 Å². The number of hydrogen-bond acceptors (Lipinski definition) is 5. The fraction of sp³-hybridized carbons (Fsp3) is 0.300. The molecule has 1 unspecified atom stereocenters. The summed E-state index contributed by atoms with van der Waals surface area (Å²) in [5, 5.41) is 8.38. The summed E-state index contributed by atoms with van der Waals surface area (Å²) in [6.45, 7) is 2.71. The molecule has 3 aromatic rings. The Kier molecular flexibility index (Phi) is 4.48. The van der Waals surface area contributed by atoms with Crippen molar-refractivity contribution in [3.8, 4) is 11.5 Å². The zero-order valence-electron chi connectivity index (χ0n) is 14.6. The highest BCUT2D eigenvalue weighted by Crippen LogP contribution is 2.32. The number of amides is 1. The molecule has 1 aliphatic rings. The van der Waals surface area contributed by atoms with Crippen LogP contribution >= 0.6 is 0 Å². The minimum Gasteiger partial charge on any atom is -0.418 e. The maximum Gasteiger partial charge on any atom is 0.254 e. The van der Waals surface area contributed by atoms with Crippen LogP contribution in [0.4, 0.5) is 0 Å². The molecule has 26 heavy (non-hydrogen) atoms. The first-order valence-electron chi connectivity index (χ1n) is 8.84. The molecule has 1 atom stereocenters. The third-order valence-corrected chi connectivity index (χ3v) is 4.72. The Morgan fingerprint density at radius 3 is 2.62 bits per heavy atom. The van der Waals surface area contributed by atoms with E-state index in [2.05, 4.69) is 15.2 Å². The molecule has 4 rings (SSSR count). The number of likely N-dealkylation sites (tertiary alicyclic amines) is 1. The summed E-state index contributed by atoms with van der Waals surface area (Å²) in [5.74, 6) is 0.964. The third-order valence-electron chi connectivity index (χ3n) is 4.72. The molecule has 0 aliphatic carbocycles. The number of rotatable bonds is 3. The fourth-order valence-electron chi connectivity index (χ4n) is 3.27. The SMILES string of the molecule is Cc1ccc(C(=O)N2CCCCC2c2nnc(-c3ccncc3)o2)cc1. The largest absolute Gasteiger partial charge is 0.418 e. The molecule has 0 bridgehead atoms. The van der Waals surface area contributed by atoms with Crippen LogP contribution in [0.1, 0.15) is 47.1 Å². The minimum absolute atomic E-state index is 0.0124. The van der Waals surface area contributed by atoms with E-state index in [9.17, 15) is 4.79 Å². The molecule has 3 heterocycles. The van der Waals surface area contributed by atoms with Crippen molar-refractivity contribution in [2.24, 2.45) is 0 Å². The van der Waals surface area contributed by atoms with Crippen LogP contribution < -0.4 is 0 Å². The molecule has 0 radical (unpaired) electrons. The number of piperidine rings is 1. The molecule has 1 aliphatic heterocycles. The summed E-state index contributed by atoms with van der Waals surface area (Å²) >= 11 is 0. The number of aromatic nitrogens is 3. The summed E-state index contributed by atoms with van der Waals surface area (Å²) < 4.78 is 5.90. The predicted molar refractivity (Wildman–Crippen MR) is 96.3 cm³/mol. The standard InChI is InChI=1S/C20H20N4O2/c1-14-5-7-16(8-6-14)20(25)24-13-3-2-4-17(24)19-23-22-18(26-19)15-9-11-21-12-10-15/h5-12,17H,2-4,13H2,1H3. The van der Waals surface area contributed by atoms with Gasteiger partial charge in [-0.1, -0.05) is 17.7 Å². The second kappa shape index (κ2) is 7.07. The average Bonchev–Trinajstić information content (AvgIpc) is 3.19. The maximum absolute atomic E-state index is 13.0. The van der Waals surface area contributed by atoms with Gasteiger partial charge in [-0.3, -0.25) is 9.78 Å². The van der Waals surface area contributed by atoms with E-state index in [-0.39, 0.29) is 11.9 Å². The van der Waals surface area contributed by atoms with Crippen molar-refractivity contribution >= 4 is 5.91 Å². The Morgan fingerprint density at radius 1 is 1.08 bits per heavy atom. The number of nitrogens with zero attached hydrogens (tertiary/aromatic N) is 4. The van der Waals surface area contributed by atoms with E-state index in [0.717, 1.165) is 30.4 Å². The van der Waals surface area contributed by atoms with Gasteiger partial charge in [-0.05, 0) is 50.5 Å². The zero-order valence-corrected chi connectivity index (χ0v) is 14.6. The second-order valence-corrected chi connectivity index (χ2v) is 6.56. The topological polar surface area (TPSA) is 72.1 Å². The summed E-state index contributed by atoms with van der Waals surface area (Å²) in [4.78, 5) is 18.9. The van der Waals surface area contributed by atoms with Crippen molar-refractivity contribution in [1.82, 2.24) is 20.1 Å². The molecule has 132 valence electrons. The molecular formula is C20H20N4O2. The van der Waals surface area contributed by atoms with E-state index >= 15 is 0 Å². The van der Waals surface area contributed by atoms with Gasteiger partial charge in [0, 0.05) is 30.1 Å². The lowest BCUT2D eigenvalue weighted by atomic mass is 10.0. The molecule has 0 saturated carbocycles. The number of carbonyl (C=O) groups excluding carboxylic acids is 1. The molecule has 1 fully saturated rings. The van der Waals surface area contributed by atoms with Crippen LogP contribution in [0.25, 0.3) is 11.5 Å². The fourth-order valence-corrected chi connectivity index (χ4v) is 3.27. The molecule has 1 saturated heterocycles. The molecular weight excluding hydrogens is 328 g/mol. The van der Waals surface area contributed by atoms with Gasteiger partial charge in [-0.25, -0.2) is 0 Å². The van der Waals surface area contributed by atoms with Crippen LogP contribution in [0.15, 0.2) is 53.2 Å². The van der Waals surface area contributed by atoms with Gasteiger partial charge in [0.05, 0.1) is 0 Å². The highest BCUT2D eigenvalue weighted by Gasteiger charge is 2.32. The van der Waals surface area contributed by atoms with Gasteiger partial charge < -0.3 is 9.32 Å². The van der Waals surface area contributed by atoms with Crippen LogP contribution in [-0.2, 0) is 0 Å². The van der Waals surface area contributed by atoms with E-state index in [1.165, 1.54) is 0 Å². The Bertz CT molecular complexity index is 890. The average molecular weight is 348 g/mol. The van der Waals surface area contributed by atoms with Crippen molar-refractivity contribution in [1.29, 1.82) is 0 Å². The Labute approximate surface area is 151 Å². The van der Waals surface area contributed by atoms with Crippen molar-refractivity contribution in [3.63, 3.8) is 0 Å². The van der Waals surface area contributed by atoms with Crippen LogP contribution in [0.5, 0.6) is 0 Å². The van der Waals surface area contributed by atoms with Gasteiger partial charge in [0.25, 0.3) is 5.91 Å². The van der Waals surface area contributed by atoms with Gasteiger partial charge in [0.1, 0.15) is 6.04 Å². The molecule has 6 heteroatoms. The van der Waals surface area contributed by atoms with Gasteiger partial charge >= 0.3 is 0 Å². The van der Waals surface area contributed by atoms with Crippen LogP contribution in [0, 0.1) is 6.92 Å². The summed E-state index contributed by atoms with van der Waals surface area (Å²) in [6, 6.07) is 11.1. The highest BCUT2D eigenvalue weighted by atomic mass is 16.4. The third kappa shape index (κ3) is 3.22. The number of benzene rings is 1. The van der Waals surface area contributed by atoms with E-state index in [1.54, 1.807) is 12.4 Å². The Hall–Kier alpha value is -3.02. The van der Waals surface area contributed by atoms with Gasteiger partial charge in [0.2, 0.25) is 11.8 Å². The lowest BCUT2D eigenvalue weighted by molar-refractivity contribution is 0.0572. The van der Waals surface area contributed by atoms with Crippen LogP contribution in [0.3, 0.4) is 0 Å². The first kappa shape index (κ1) is 16.4. The first-order valence-corrected chi connectivity index (χ1v) is 8.84. The van der Waals surface area contributed by atoms with Crippen LogP contribution in [0.2, 0.25) is 0 Å². The predicted octanol–water partition coefficient (Wildman–Crippen LogP) is 3.81. The minimum atomic E-state index is -0.180. The zero-order chi connectivity index (χ0) is 17.9. The summed E-state index contributed by atoms with van der Waals surface area (Å²) in [6.07, 6.45) is 6.23. The van der Waals surface area contributed by atoms with E-state index in [1.807, 2.05) is 48.2 Å². The summed E-state index contributed by atoms with van der Waals surface area (Å²) in [5.41, 5.74) is 2.65. The van der Waals surface area contributed by atoms with Gasteiger partial charge in [-0.2, -0.15) is 0 Å². The van der Waals surface area contributed by atoms with E-state index in [4.69, 9.17) is 4.42 Å². The normalized spacial score (nSPS) is 17.3. The quantitative estimate of drug-likeness (QED) is 0.720. The number of pyridine rings is 1. The smallest absolute Gasteiger partial charge is 0.254 e. The Balaban J connectivity index is 1.61. The van der Waals surface area contributed by atoms with Crippen molar-refractivity contribution < 1.29 is 9.21 Å². The highest BCUT2D eigenvalue weighted by molar-refractivity contribution is 5.94. The van der Waals surface area contributed by atoms with E-state index in [0.29, 0.717) is 23.9 Å². The number of hydrogen-bond donors (Lipinski definition) is 0. The number of carbonyl (C=O) groups is 1. The first-order chi connectivity index (χ1) is 12.7. The van der Waals surface area contributed by atoms with Crippen molar-refractivity contribution in [2.45, 2.75) is 32.2 Å². The van der Waals surface area contributed by atoms with Crippen LogP contribution in [-0.4, -0.2) is 32.5 Å². The molecule has 0 spiro atoms. The molecule has 1 aromatic carbocycles. The monoisotopic (exact) mass is 348 g/mol.